The van der Waals surface area contributed by atoms with Crippen molar-refractivity contribution in [2.75, 3.05) is 13.7 Å². The van der Waals surface area contributed by atoms with E-state index in [1.54, 1.807) is 25.3 Å². The van der Waals surface area contributed by atoms with E-state index < -0.39 is 21.7 Å². The van der Waals surface area contributed by atoms with E-state index in [9.17, 15) is 17.2 Å². The second kappa shape index (κ2) is 6.49. The van der Waals surface area contributed by atoms with Crippen molar-refractivity contribution in [3.05, 3.63) is 59.7 Å². The molecule has 1 atom stereocenters. The van der Waals surface area contributed by atoms with Crippen molar-refractivity contribution in [2.24, 2.45) is 0 Å². The van der Waals surface area contributed by atoms with Crippen LogP contribution >= 0.6 is 0 Å². The summed E-state index contributed by atoms with van der Waals surface area (Å²) in [6, 6.07) is 9.52. The normalized spacial score (nSPS) is 18.7. The highest BCUT2D eigenvalue weighted by Crippen LogP contribution is 2.37. The molecule has 1 aliphatic rings. The number of methoxy groups -OCH3 is 1. The third-order valence-electron chi connectivity index (χ3n) is 4.18. The first-order chi connectivity index (χ1) is 11.4. The average Bonchev–Trinajstić information content (AvgIpc) is 3.08. The summed E-state index contributed by atoms with van der Waals surface area (Å²) in [7, 11) is -2.36. The van der Waals surface area contributed by atoms with Gasteiger partial charge < -0.3 is 4.74 Å². The Bertz CT molecular complexity index is 855. The summed E-state index contributed by atoms with van der Waals surface area (Å²) in [5, 5.41) is 0. The number of hydrogen-bond donors (Lipinski definition) is 0. The molecule has 2 aromatic carbocycles. The van der Waals surface area contributed by atoms with Crippen LogP contribution in [0.2, 0.25) is 0 Å². The largest absolute Gasteiger partial charge is 0.497 e. The second-order valence-electron chi connectivity index (χ2n) is 5.63. The number of halogens is 2. The van der Waals surface area contributed by atoms with E-state index in [1.165, 1.54) is 4.31 Å². The Morgan fingerprint density at radius 3 is 2.62 bits per heavy atom. The molecule has 1 saturated heterocycles. The molecule has 4 nitrogen and oxygen atoms in total. The summed E-state index contributed by atoms with van der Waals surface area (Å²) < 4.78 is 58.7. The molecule has 1 unspecified atom stereocenters. The van der Waals surface area contributed by atoms with Gasteiger partial charge in [-0.2, -0.15) is 4.31 Å². The number of benzene rings is 2. The maximum atomic E-state index is 13.4. The van der Waals surface area contributed by atoms with Gasteiger partial charge in [0, 0.05) is 6.54 Å². The highest BCUT2D eigenvalue weighted by atomic mass is 32.2. The zero-order valence-electron chi connectivity index (χ0n) is 13.1. The van der Waals surface area contributed by atoms with E-state index in [0.717, 1.165) is 23.8 Å². The quantitative estimate of drug-likeness (QED) is 0.845. The summed E-state index contributed by atoms with van der Waals surface area (Å²) >= 11 is 0. The lowest BCUT2D eigenvalue weighted by molar-refractivity contribution is 0.389. The highest BCUT2D eigenvalue weighted by Gasteiger charge is 2.36. The summed E-state index contributed by atoms with van der Waals surface area (Å²) in [4.78, 5) is -0.240. The van der Waals surface area contributed by atoms with Crippen LogP contribution in [-0.4, -0.2) is 26.4 Å². The van der Waals surface area contributed by atoms with Crippen LogP contribution in [-0.2, 0) is 10.0 Å². The fourth-order valence-electron chi connectivity index (χ4n) is 2.98. The van der Waals surface area contributed by atoms with Crippen molar-refractivity contribution >= 4 is 10.0 Å². The molecule has 0 radical (unpaired) electrons. The van der Waals surface area contributed by atoms with E-state index in [4.69, 9.17) is 4.74 Å². The lowest BCUT2D eigenvalue weighted by Crippen LogP contribution is -2.30. The van der Waals surface area contributed by atoms with E-state index in [0.29, 0.717) is 25.1 Å². The monoisotopic (exact) mass is 353 g/mol. The molecule has 1 heterocycles. The fourth-order valence-corrected chi connectivity index (χ4v) is 4.68. The van der Waals surface area contributed by atoms with Gasteiger partial charge in [-0.15, -0.1) is 0 Å². The predicted octanol–water partition coefficient (Wildman–Crippen LogP) is 3.50. The van der Waals surface area contributed by atoms with Crippen molar-refractivity contribution in [2.45, 2.75) is 23.8 Å². The van der Waals surface area contributed by atoms with E-state index in [2.05, 4.69) is 0 Å². The van der Waals surface area contributed by atoms with Crippen LogP contribution in [0.3, 0.4) is 0 Å². The van der Waals surface area contributed by atoms with Gasteiger partial charge in [-0.1, -0.05) is 12.1 Å². The molecule has 0 amide bonds. The first kappa shape index (κ1) is 16.9. The summed E-state index contributed by atoms with van der Waals surface area (Å²) in [5.41, 5.74) is 0.818. The standard InChI is InChI=1S/C17H17F2NO3S/c1-23-13-5-2-4-12(10-13)17-6-3-9-20(17)24(21,22)14-7-8-15(18)16(19)11-14/h2,4-5,7-8,10-11,17H,3,6,9H2,1H3. The van der Waals surface area contributed by atoms with E-state index >= 15 is 0 Å². The Morgan fingerprint density at radius 1 is 1.12 bits per heavy atom. The number of rotatable bonds is 4. The Labute approximate surface area is 139 Å². The molecule has 128 valence electrons. The molecule has 0 bridgehead atoms. The molecule has 7 heteroatoms. The molecule has 0 aromatic heterocycles. The molecule has 0 N–H and O–H groups in total. The summed E-state index contributed by atoms with van der Waals surface area (Å²) in [6.45, 7) is 0.337. The maximum Gasteiger partial charge on any atom is 0.243 e. The first-order valence-electron chi connectivity index (χ1n) is 7.54. The van der Waals surface area contributed by atoms with Crippen molar-refractivity contribution in [3.63, 3.8) is 0 Å². The molecule has 0 spiro atoms. The Balaban J connectivity index is 1.98. The van der Waals surface area contributed by atoms with Gasteiger partial charge in [-0.3, -0.25) is 0 Å². The summed E-state index contributed by atoms with van der Waals surface area (Å²) in [6.07, 6.45) is 1.36. The summed E-state index contributed by atoms with van der Waals surface area (Å²) in [5.74, 6) is -1.60. The second-order valence-corrected chi connectivity index (χ2v) is 7.52. The number of nitrogens with zero attached hydrogens (tertiary/aromatic N) is 1. The van der Waals surface area contributed by atoms with Gasteiger partial charge in [0.25, 0.3) is 0 Å². The lowest BCUT2D eigenvalue weighted by Gasteiger charge is -2.24. The number of hydrogen-bond acceptors (Lipinski definition) is 3. The van der Waals surface area contributed by atoms with Crippen LogP contribution in [0.1, 0.15) is 24.4 Å². The van der Waals surface area contributed by atoms with Crippen LogP contribution < -0.4 is 4.74 Å². The van der Waals surface area contributed by atoms with Crippen molar-refractivity contribution in [3.8, 4) is 5.75 Å². The average molecular weight is 353 g/mol. The molecular weight excluding hydrogens is 336 g/mol. The fraction of sp³-hybridized carbons (Fsp3) is 0.294. The third kappa shape index (κ3) is 3.01. The molecule has 0 saturated carbocycles. The van der Waals surface area contributed by atoms with Gasteiger partial charge in [0.15, 0.2) is 11.6 Å². The SMILES string of the molecule is COc1cccc(C2CCCN2S(=O)(=O)c2ccc(F)c(F)c2)c1. The smallest absolute Gasteiger partial charge is 0.243 e. The van der Waals surface area contributed by atoms with Gasteiger partial charge in [0.1, 0.15) is 5.75 Å². The molecule has 2 aromatic rings. The Kier molecular flexibility index (Phi) is 4.56. The molecule has 3 rings (SSSR count). The van der Waals surface area contributed by atoms with Crippen LogP contribution in [0, 0.1) is 11.6 Å². The predicted molar refractivity (Wildman–Crippen MR) is 85.2 cm³/mol. The lowest BCUT2D eigenvalue weighted by atomic mass is 10.1. The Morgan fingerprint density at radius 2 is 1.92 bits per heavy atom. The van der Waals surface area contributed by atoms with Gasteiger partial charge in [0.05, 0.1) is 18.0 Å². The van der Waals surface area contributed by atoms with Crippen molar-refractivity contribution < 1.29 is 21.9 Å². The topological polar surface area (TPSA) is 46.6 Å². The zero-order chi connectivity index (χ0) is 17.3. The molecule has 1 aliphatic heterocycles. The van der Waals surface area contributed by atoms with E-state index in [1.807, 2.05) is 6.07 Å². The van der Waals surface area contributed by atoms with Gasteiger partial charge in [-0.25, -0.2) is 17.2 Å². The molecule has 24 heavy (non-hydrogen) atoms. The van der Waals surface area contributed by atoms with Crippen LogP contribution in [0.25, 0.3) is 0 Å². The maximum absolute atomic E-state index is 13.4. The van der Waals surface area contributed by atoms with E-state index in [-0.39, 0.29) is 10.9 Å². The number of sulfonamides is 1. The molecule has 1 fully saturated rings. The Hall–Kier alpha value is -1.99. The van der Waals surface area contributed by atoms with Crippen molar-refractivity contribution in [1.82, 2.24) is 4.31 Å². The molecular formula is C17H17F2NO3S. The van der Waals surface area contributed by atoms with Crippen molar-refractivity contribution in [1.29, 1.82) is 0 Å². The number of ether oxygens (including phenoxy) is 1. The van der Waals surface area contributed by atoms with Crippen LogP contribution in [0.5, 0.6) is 5.75 Å². The molecule has 0 aliphatic carbocycles. The minimum atomic E-state index is -3.91. The highest BCUT2D eigenvalue weighted by molar-refractivity contribution is 7.89. The van der Waals surface area contributed by atoms with Gasteiger partial charge >= 0.3 is 0 Å². The minimum absolute atomic E-state index is 0.240. The van der Waals surface area contributed by atoms with Gasteiger partial charge in [-0.05, 0) is 48.7 Å². The zero-order valence-corrected chi connectivity index (χ0v) is 13.9. The van der Waals surface area contributed by atoms with Crippen LogP contribution in [0.15, 0.2) is 47.4 Å². The van der Waals surface area contributed by atoms with Crippen LogP contribution in [0.4, 0.5) is 8.78 Å². The van der Waals surface area contributed by atoms with Gasteiger partial charge in [0.2, 0.25) is 10.0 Å². The minimum Gasteiger partial charge on any atom is -0.497 e. The third-order valence-corrected chi connectivity index (χ3v) is 6.08. The first-order valence-corrected chi connectivity index (χ1v) is 8.98.